The van der Waals surface area contributed by atoms with E-state index in [0.29, 0.717) is 17.5 Å². The van der Waals surface area contributed by atoms with Crippen LogP contribution in [0.2, 0.25) is 5.02 Å². The smallest absolute Gasteiger partial charge is 0.0814 e. The molecule has 4 heteroatoms. The lowest BCUT2D eigenvalue weighted by molar-refractivity contribution is 0.126. The monoisotopic (exact) mass is 200 g/mol. The molecule has 1 heterocycles. The van der Waals surface area contributed by atoms with Gasteiger partial charge in [0.05, 0.1) is 29.6 Å². The van der Waals surface area contributed by atoms with E-state index >= 15 is 0 Å². The van der Waals surface area contributed by atoms with Gasteiger partial charge in [-0.2, -0.15) is 5.10 Å². The average Bonchev–Trinajstić information content (AvgIpc) is 2.89. The van der Waals surface area contributed by atoms with E-state index in [0.717, 1.165) is 18.5 Å². The largest absolute Gasteiger partial charge is 0.391 e. The lowest BCUT2D eigenvalue weighted by atomic mass is 10.2. The van der Waals surface area contributed by atoms with Gasteiger partial charge in [0.2, 0.25) is 0 Å². The molecule has 13 heavy (non-hydrogen) atoms. The molecule has 0 saturated heterocycles. The summed E-state index contributed by atoms with van der Waals surface area (Å²) in [6, 6.07) is 0. The van der Waals surface area contributed by atoms with Crippen molar-refractivity contribution < 1.29 is 5.11 Å². The van der Waals surface area contributed by atoms with Crippen molar-refractivity contribution in [3.63, 3.8) is 0 Å². The van der Waals surface area contributed by atoms with Crippen molar-refractivity contribution in [1.29, 1.82) is 0 Å². The standard InChI is InChI=1S/C9H13ClN2O/c1-6-8(10)4-11-12(6)5-9(13)7-2-3-7/h4,7,9,13H,2-3,5H2,1H3. The first kappa shape index (κ1) is 9.03. The molecule has 0 radical (unpaired) electrons. The number of aromatic nitrogens is 2. The molecule has 1 aromatic heterocycles. The van der Waals surface area contributed by atoms with E-state index in [9.17, 15) is 5.11 Å². The molecule has 0 spiro atoms. The number of hydrogen-bond donors (Lipinski definition) is 1. The number of rotatable bonds is 3. The van der Waals surface area contributed by atoms with Gasteiger partial charge < -0.3 is 5.11 Å². The van der Waals surface area contributed by atoms with E-state index < -0.39 is 0 Å². The molecule has 1 atom stereocenters. The van der Waals surface area contributed by atoms with Crippen LogP contribution in [-0.4, -0.2) is 21.0 Å². The van der Waals surface area contributed by atoms with Crippen LogP contribution in [0.5, 0.6) is 0 Å². The van der Waals surface area contributed by atoms with Crippen molar-refractivity contribution in [3.8, 4) is 0 Å². The highest BCUT2D eigenvalue weighted by Crippen LogP contribution is 2.33. The first-order chi connectivity index (χ1) is 6.18. The summed E-state index contributed by atoms with van der Waals surface area (Å²) in [6.45, 7) is 2.48. The maximum absolute atomic E-state index is 9.67. The molecule has 2 rings (SSSR count). The van der Waals surface area contributed by atoms with Crippen molar-refractivity contribution in [2.75, 3.05) is 0 Å². The van der Waals surface area contributed by atoms with Gasteiger partial charge in [0, 0.05) is 0 Å². The van der Waals surface area contributed by atoms with Crippen molar-refractivity contribution in [3.05, 3.63) is 16.9 Å². The summed E-state index contributed by atoms with van der Waals surface area (Å²) in [5.74, 6) is 0.488. The fraction of sp³-hybridized carbons (Fsp3) is 0.667. The quantitative estimate of drug-likeness (QED) is 0.805. The van der Waals surface area contributed by atoms with Crippen LogP contribution in [0.1, 0.15) is 18.5 Å². The van der Waals surface area contributed by atoms with E-state index in [1.54, 1.807) is 10.9 Å². The van der Waals surface area contributed by atoms with Gasteiger partial charge in [-0.1, -0.05) is 11.6 Å². The second kappa shape index (κ2) is 3.31. The first-order valence-electron chi connectivity index (χ1n) is 4.54. The Morgan fingerprint density at radius 2 is 2.46 bits per heavy atom. The van der Waals surface area contributed by atoms with Crippen LogP contribution in [0.3, 0.4) is 0 Å². The molecule has 1 aromatic rings. The molecule has 72 valence electrons. The Hall–Kier alpha value is -0.540. The Balaban J connectivity index is 2.03. The number of hydrogen-bond acceptors (Lipinski definition) is 2. The minimum Gasteiger partial charge on any atom is -0.391 e. The third-order valence-electron chi connectivity index (χ3n) is 2.57. The molecular formula is C9H13ClN2O. The maximum Gasteiger partial charge on any atom is 0.0814 e. The second-order valence-electron chi connectivity index (χ2n) is 3.66. The molecular weight excluding hydrogens is 188 g/mol. The van der Waals surface area contributed by atoms with Gasteiger partial charge in [-0.05, 0) is 25.7 Å². The maximum atomic E-state index is 9.67. The zero-order chi connectivity index (χ0) is 9.42. The van der Waals surface area contributed by atoms with Gasteiger partial charge >= 0.3 is 0 Å². The topological polar surface area (TPSA) is 38.0 Å². The Bertz CT molecular complexity index is 307. The Morgan fingerprint density at radius 3 is 2.92 bits per heavy atom. The first-order valence-corrected chi connectivity index (χ1v) is 4.92. The summed E-state index contributed by atoms with van der Waals surface area (Å²) in [7, 11) is 0. The normalized spacial score (nSPS) is 19.0. The van der Waals surface area contributed by atoms with E-state index in [-0.39, 0.29) is 6.10 Å². The van der Waals surface area contributed by atoms with Gasteiger partial charge in [0.25, 0.3) is 0 Å². The van der Waals surface area contributed by atoms with Crippen LogP contribution >= 0.6 is 11.6 Å². The number of aliphatic hydroxyl groups is 1. The highest BCUT2D eigenvalue weighted by molar-refractivity contribution is 6.31. The zero-order valence-corrected chi connectivity index (χ0v) is 8.33. The second-order valence-corrected chi connectivity index (χ2v) is 4.07. The summed E-state index contributed by atoms with van der Waals surface area (Å²) in [6.07, 6.45) is 3.66. The molecule has 0 aliphatic heterocycles. The average molecular weight is 201 g/mol. The predicted molar refractivity (Wildman–Crippen MR) is 50.7 cm³/mol. The van der Waals surface area contributed by atoms with Crippen LogP contribution in [0.4, 0.5) is 0 Å². The van der Waals surface area contributed by atoms with E-state index in [2.05, 4.69) is 5.10 Å². The number of nitrogens with zero attached hydrogens (tertiary/aromatic N) is 2. The highest BCUT2D eigenvalue weighted by atomic mass is 35.5. The van der Waals surface area contributed by atoms with Crippen LogP contribution in [0.15, 0.2) is 6.20 Å². The van der Waals surface area contributed by atoms with Gasteiger partial charge in [0.15, 0.2) is 0 Å². The molecule has 3 nitrogen and oxygen atoms in total. The van der Waals surface area contributed by atoms with Gasteiger partial charge in [0.1, 0.15) is 0 Å². The molecule has 1 saturated carbocycles. The Kier molecular flexibility index (Phi) is 2.30. The molecule has 0 amide bonds. The van der Waals surface area contributed by atoms with Crippen molar-refractivity contribution >= 4 is 11.6 Å². The molecule has 1 aliphatic rings. The number of halogens is 1. The predicted octanol–water partition coefficient (Wildman–Crippen LogP) is 1.62. The molecule has 1 N–H and O–H groups in total. The van der Waals surface area contributed by atoms with Crippen LogP contribution in [0.25, 0.3) is 0 Å². The van der Waals surface area contributed by atoms with Gasteiger partial charge in [-0.3, -0.25) is 4.68 Å². The van der Waals surface area contributed by atoms with E-state index in [1.165, 1.54) is 0 Å². The Labute approximate surface area is 82.3 Å². The molecule has 1 unspecified atom stereocenters. The fourth-order valence-corrected chi connectivity index (χ4v) is 1.56. The molecule has 1 aliphatic carbocycles. The minimum atomic E-state index is -0.255. The number of aliphatic hydroxyl groups excluding tert-OH is 1. The highest BCUT2D eigenvalue weighted by Gasteiger charge is 2.30. The van der Waals surface area contributed by atoms with Crippen LogP contribution < -0.4 is 0 Å². The third-order valence-corrected chi connectivity index (χ3v) is 2.94. The third kappa shape index (κ3) is 1.86. The lowest BCUT2D eigenvalue weighted by Gasteiger charge is -2.10. The molecule has 0 bridgehead atoms. The summed E-state index contributed by atoms with van der Waals surface area (Å²) in [5, 5.41) is 14.4. The van der Waals surface area contributed by atoms with Crippen LogP contribution in [-0.2, 0) is 6.54 Å². The van der Waals surface area contributed by atoms with Crippen LogP contribution in [0, 0.1) is 12.8 Å². The lowest BCUT2D eigenvalue weighted by Crippen LogP contribution is -2.19. The Morgan fingerprint density at radius 1 is 1.77 bits per heavy atom. The summed E-state index contributed by atoms with van der Waals surface area (Å²) >= 11 is 5.84. The SMILES string of the molecule is Cc1c(Cl)cnn1CC(O)C1CC1. The van der Waals surface area contributed by atoms with E-state index in [1.807, 2.05) is 6.92 Å². The van der Waals surface area contributed by atoms with Gasteiger partial charge in [-0.15, -0.1) is 0 Å². The van der Waals surface area contributed by atoms with E-state index in [4.69, 9.17) is 11.6 Å². The summed E-state index contributed by atoms with van der Waals surface area (Å²) < 4.78 is 1.77. The van der Waals surface area contributed by atoms with Gasteiger partial charge in [-0.25, -0.2) is 0 Å². The van der Waals surface area contributed by atoms with Crippen molar-refractivity contribution in [2.24, 2.45) is 5.92 Å². The van der Waals surface area contributed by atoms with Crippen molar-refractivity contribution in [1.82, 2.24) is 9.78 Å². The minimum absolute atomic E-state index is 0.255. The molecule has 1 fully saturated rings. The zero-order valence-electron chi connectivity index (χ0n) is 7.57. The summed E-state index contributed by atoms with van der Waals surface area (Å²) in [4.78, 5) is 0. The fourth-order valence-electron chi connectivity index (χ4n) is 1.42. The molecule has 0 aromatic carbocycles. The van der Waals surface area contributed by atoms with Crippen molar-refractivity contribution in [2.45, 2.75) is 32.4 Å². The summed E-state index contributed by atoms with van der Waals surface area (Å²) in [5.41, 5.74) is 0.932.